The van der Waals surface area contributed by atoms with Gasteiger partial charge in [-0.2, -0.15) is 0 Å². The van der Waals surface area contributed by atoms with Crippen LogP contribution in [0.3, 0.4) is 0 Å². The summed E-state index contributed by atoms with van der Waals surface area (Å²) in [5.41, 5.74) is -0.389. The van der Waals surface area contributed by atoms with E-state index in [1.165, 1.54) is 26.4 Å². The average Bonchev–Trinajstić information content (AvgIpc) is 2.85. The van der Waals surface area contributed by atoms with E-state index in [-0.39, 0.29) is 22.5 Å². The van der Waals surface area contributed by atoms with Crippen LogP contribution in [0, 0.1) is 0 Å². The molecule has 2 aromatic carbocycles. The Hall–Kier alpha value is -3.35. The van der Waals surface area contributed by atoms with Gasteiger partial charge in [0.15, 0.2) is 5.76 Å². The Morgan fingerprint density at radius 2 is 1.62 bits per heavy atom. The van der Waals surface area contributed by atoms with E-state index in [2.05, 4.69) is 0 Å². The molecule has 182 valence electrons. The van der Waals surface area contributed by atoms with E-state index in [1.807, 2.05) is 0 Å². The van der Waals surface area contributed by atoms with E-state index in [0.29, 0.717) is 11.3 Å². The van der Waals surface area contributed by atoms with Crippen molar-refractivity contribution in [2.45, 2.75) is 30.7 Å². The lowest BCUT2D eigenvalue weighted by atomic mass is 9.99. The second-order valence-corrected chi connectivity index (χ2v) is 7.65. The number of phenolic OH excluding ortho intramolecular Hbond substituents is 1. The number of aliphatic hydroxyl groups excluding tert-OH is 4. The van der Waals surface area contributed by atoms with Gasteiger partial charge < -0.3 is 48.9 Å². The molecule has 11 nitrogen and oxygen atoms in total. The zero-order valence-corrected chi connectivity index (χ0v) is 18.2. The van der Waals surface area contributed by atoms with Crippen LogP contribution in [-0.4, -0.2) is 77.1 Å². The molecular formula is C23H24O11. The summed E-state index contributed by atoms with van der Waals surface area (Å²) in [6, 6.07) is 9.09. The first kappa shape index (κ1) is 23.8. The fraction of sp³-hybridized carbons (Fsp3) is 0.348. The van der Waals surface area contributed by atoms with Crippen molar-refractivity contribution in [3.63, 3.8) is 0 Å². The second-order valence-electron chi connectivity index (χ2n) is 7.65. The van der Waals surface area contributed by atoms with Crippen molar-refractivity contribution in [1.29, 1.82) is 0 Å². The summed E-state index contributed by atoms with van der Waals surface area (Å²) in [6.45, 7) is -0.678. The third-order valence-electron chi connectivity index (χ3n) is 5.58. The van der Waals surface area contributed by atoms with E-state index in [9.17, 15) is 30.3 Å². The minimum Gasteiger partial charge on any atom is -0.507 e. The highest BCUT2D eigenvalue weighted by atomic mass is 16.7. The van der Waals surface area contributed by atoms with E-state index in [1.54, 1.807) is 24.3 Å². The molecule has 0 bridgehead atoms. The fourth-order valence-corrected chi connectivity index (χ4v) is 3.70. The Morgan fingerprint density at radius 3 is 2.24 bits per heavy atom. The van der Waals surface area contributed by atoms with Crippen LogP contribution < -0.4 is 19.6 Å². The Kier molecular flexibility index (Phi) is 6.64. The van der Waals surface area contributed by atoms with Crippen molar-refractivity contribution in [2.75, 3.05) is 20.8 Å². The van der Waals surface area contributed by atoms with E-state index in [0.717, 1.165) is 0 Å². The van der Waals surface area contributed by atoms with E-state index in [4.69, 9.17) is 23.4 Å². The SMILES string of the molecule is COc1ccc(-c2oc3cc(OC)cc(O)c3c(=O)c2O[C@@H]2O[C@@H](CO)[C@H](O)[C@H](O)[C@@H]2O)cc1. The summed E-state index contributed by atoms with van der Waals surface area (Å²) >= 11 is 0. The van der Waals surface area contributed by atoms with E-state index >= 15 is 0 Å². The molecule has 5 N–H and O–H groups in total. The summed E-state index contributed by atoms with van der Waals surface area (Å²) in [4.78, 5) is 13.4. The highest BCUT2D eigenvalue weighted by Gasteiger charge is 2.45. The molecule has 2 heterocycles. The predicted octanol–water partition coefficient (Wildman–Crippen LogP) is 0.361. The molecule has 0 amide bonds. The standard InChI is InChI=1S/C23H24O11/c1-30-11-5-3-10(4-6-11)21-22(34-23-20(29)19(28)17(26)15(9-24)33-23)18(27)16-13(25)7-12(31-2)8-14(16)32-21/h3-8,15,17,19-20,23-26,28-29H,9H2,1-2H3/t15-,17-,19-,20-,23-/m0/s1. The number of aromatic hydroxyl groups is 1. The summed E-state index contributed by atoms with van der Waals surface area (Å²) in [5, 5.41) is 50.2. The van der Waals surface area contributed by atoms with Gasteiger partial charge in [-0.1, -0.05) is 0 Å². The van der Waals surface area contributed by atoms with Gasteiger partial charge in [0, 0.05) is 17.7 Å². The lowest BCUT2D eigenvalue weighted by Gasteiger charge is -2.39. The first-order valence-electron chi connectivity index (χ1n) is 10.3. The van der Waals surface area contributed by atoms with Crippen LogP contribution in [0.25, 0.3) is 22.3 Å². The number of phenols is 1. The molecule has 3 aromatic rings. The Morgan fingerprint density at radius 1 is 0.941 bits per heavy atom. The minimum absolute atomic E-state index is 0.00817. The van der Waals surface area contributed by atoms with Crippen LogP contribution >= 0.6 is 0 Å². The molecule has 11 heteroatoms. The number of hydrogen-bond donors (Lipinski definition) is 5. The van der Waals surface area contributed by atoms with Crippen molar-refractivity contribution in [3.8, 4) is 34.3 Å². The normalized spacial score (nSPS) is 24.7. The molecule has 1 fully saturated rings. The Labute approximate surface area is 192 Å². The zero-order valence-electron chi connectivity index (χ0n) is 18.2. The van der Waals surface area contributed by atoms with Gasteiger partial charge in [-0.25, -0.2) is 0 Å². The molecule has 0 spiro atoms. The third kappa shape index (κ3) is 4.15. The minimum atomic E-state index is -1.76. The highest BCUT2D eigenvalue weighted by molar-refractivity contribution is 5.88. The van der Waals surface area contributed by atoms with Crippen molar-refractivity contribution in [2.24, 2.45) is 0 Å². The molecule has 5 atom stereocenters. The topological polar surface area (TPSA) is 168 Å². The average molecular weight is 476 g/mol. The number of rotatable bonds is 6. The molecule has 0 saturated carbocycles. The van der Waals surface area contributed by atoms with Crippen molar-refractivity contribution in [1.82, 2.24) is 0 Å². The van der Waals surface area contributed by atoms with Crippen molar-refractivity contribution in [3.05, 3.63) is 46.6 Å². The molecule has 1 saturated heterocycles. The number of ether oxygens (including phenoxy) is 4. The molecule has 0 aliphatic carbocycles. The van der Waals surface area contributed by atoms with Crippen molar-refractivity contribution >= 4 is 11.0 Å². The Balaban J connectivity index is 1.89. The van der Waals surface area contributed by atoms with Gasteiger partial charge in [-0.15, -0.1) is 0 Å². The zero-order chi connectivity index (χ0) is 24.6. The van der Waals surface area contributed by atoms with E-state index < -0.39 is 54.2 Å². The molecule has 0 unspecified atom stereocenters. The predicted molar refractivity (Wildman–Crippen MR) is 117 cm³/mol. The van der Waals surface area contributed by atoms with Gasteiger partial charge in [0.2, 0.25) is 17.5 Å². The lowest BCUT2D eigenvalue weighted by Crippen LogP contribution is -2.60. The molecule has 1 aromatic heterocycles. The lowest BCUT2D eigenvalue weighted by molar-refractivity contribution is -0.277. The summed E-state index contributed by atoms with van der Waals surface area (Å²) in [5.74, 6) is -0.130. The second kappa shape index (κ2) is 9.49. The van der Waals surface area contributed by atoms with Crippen LogP contribution in [0.2, 0.25) is 0 Å². The van der Waals surface area contributed by atoms with Crippen LogP contribution in [0.5, 0.6) is 23.0 Å². The summed E-state index contributed by atoms with van der Waals surface area (Å²) in [7, 11) is 2.88. The summed E-state index contributed by atoms with van der Waals surface area (Å²) in [6.07, 6.45) is -7.98. The van der Waals surface area contributed by atoms with Gasteiger partial charge in [-0.05, 0) is 24.3 Å². The first-order chi connectivity index (χ1) is 16.3. The van der Waals surface area contributed by atoms with Gasteiger partial charge in [0.1, 0.15) is 52.6 Å². The highest BCUT2D eigenvalue weighted by Crippen LogP contribution is 2.37. The molecule has 34 heavy (non-hydrogen) atoms. The molecule has 1 aliphatic heterocycles. The Bertz CT molecular complexity index is 1220. The molecule has 1 aliphatic rings. The monoisotopic (exact) mass is 476 g/mol. The van der Waals surface area contributed by atoms with Crippen molar-refractivity contribution < 1.29 is 48.9 Å². The molecular weight excluding hydrogens is 452 g/mol. The number of fused-ring (bicyclic) bond motifs is 1. The third-order valence-corrected chi connectivity index (χ3v) is 5.58. The summed E-state index contributed by atoms with van der Waals surface area (Å²) < 4.78 is 27.3. The number of benzene rings is 2. The van der Waals surface area contributed by atoms with Gasteiger partial charge in [0.25, 0.3) is 0 Å². The number of hydrogen-bond acceptors (Lipinski definition) is 11. The molecule has 4 rings (SSSR count). The number of aliphatic hydroxyl groups is 4. The fourth-order valence-electron chi connectivity index (χ4n) is 3.70. The molecule has 0 radical (unpaired) electrons. The van der Waals surface area contributed by atoms with Gasteiger partial charge in [0.05, 0.1) is 20.8 Å². The first-order valence-corrected chi connectivity index (χ1v) is 10.3. The maximum absolute atomic E-state index is 13.4. The maximum atomic E-state index is 13.4. The van der Waals surface area contributed by atoms with Crippen LogP contribution in [0.4, 0.5) is 0 Å². The largest absolute Gasteiger partial charge is 0.507 e. The smallest absolute Gasteiger partial charge is 0.239 e. The van der Waals surface area contributed by atoms with Gasteiger partial charge >= 0.3 is 0 Å². The van der Waals surface area contributed by atoms with Crippen LogP contribution in [0.15, 0.2) is 45.6 Å². The van der Waals surface area contributed by atoms with Gasteiger partial charge in [-0.3, -0.25) is 4.79 Å². The quantitative estimate of drug-likeness (QED) is 0.333. The van der Waals surface area contributed by atoms with Crippen LogP contribution in [-0.2, 0) is 4.74 Å². The number of methoxy groups -OCH3 is 2. The maximum Gasteiger partial charge on any atom is 0.239 e. The van der Waals surface area contributed by atoms with Crippen LogP contribution in [0.1, 0.15) is 0 Å².